The van der Waals surface area contributed by atoms with Gasteiger partial charge in [-0.3, -0.25) is 9.59 Å². The van der Waals surface area contributed by atoms with Crippen molar-refractivity contribution in [1.82, 2.24) is 4.90 Å². The Hall–Kier alpha value is -2.42. The smallest absolute Gasteiger partial charge is 0.338 e. The standard InChI is InChI=1S/C19H26N2O6S/c1-13(2)10-21(17-8-9-28(25,26)12-17)18(23)11-27-19(24)15-4-6-16(7-5-15)20-14(3)22/h4-7,13,17H,8-12H2,1-3H3,(H,20,22)/t17-/m1/s1. The number of ether oxygens (including phenoxy) is 1. The number of carbonyl (C=O) groups excluding carboxylic acids is 3. The van der Waals surface area contributed by atoms with E-state index in [1.54, 1.807) is 12.1 Å². The first kappa shape index (κ1) is 21.9. The minimum absolute atomic E-state index is 0.0516. The van der Waals surface area contributed by atoms with E-state index >= 15 is 0 Å². The Balaban J connectivity index is 1.97. The van der Waals surface area contributed by atoms with Crippen LogP contribution in [0.1, 0.15) is 37.6 Å². The molecule has 1 aromatic carbocycles. The van der Waals surface area contributed by atoms with Crippen LogP contribution in [0.25, 0.3) is 0 Å². The van der Waals surface area contributed by atoms with Gasteiger partial charge in [0, 0.05) is 25.2 Å². The number of benzene rings is 1. The molecule has 1 N–H and O–H groups in total. The molecule has 2 amide bonds. The summed E-state index contributed by atoms with van der Waals surface area (Å²) in [6, 6.07) is 5.74. The highest BCUT2D eigenvalue weighted by atomic mass is 32.2. The van der Waals surface area contributed by atoms with E-state index < -0.39 is 28.3 Å². The minimum Gasteiger partial charge on any atom is -0.452 e. The molecule has 1 aromatic rings. The molecule has 0 radical (unpaired) electrons. The van der Waals surface area contributed by atoms with E-state index in [-0.39, 0.29) is 34.9 Å². The molecule has 0 unspecified atom stereocenters. The van der Waals surface area contributed by atoms with Crippen molar-refractivity contribution in [2.75, 3.05) is 30.0 Å². The Morgan fingerprint density at radius 3 is 2.36 bits per heavy atom. The first-order chi connectivity index (χ1) is 13.1. The number of esters is 1. The number of hydrogen-bond donors (Lipinski definition) is 1. The summed E-state index contributed by atoms with van der Waals surface area (Å²) in [5.41, 5.74) is 0.798. The zero-order valence-corrected chi connectivity index (χ0v) is 17.1. The second-order valence-electron chi connectivity index (χ2n) is 7.33. The Kier molecular flexibility index (Phi) is 7.17. The fraction of sp³-hybridized carbons (Fsp3) is 0.526. The number of sulfone groups is 1. The summed E-state index contributed by atoms with van der Waals surface area (Å²) in [6.07, 6.45) is 0.402. The maximum absolute atomic E-state index is 12.6. The largest absolute Gasteiger partial charge is 0.452 e. The van der Waals surface area contributed by atoms with Crippen LogP contribution in [0.5, 0.6) is 0 Å². The average Bonchev–Trinajstić information content (AvgIpc) is 2.97. The van der Waals surface area contributed by atoms with Crippen molar-refractivity contribution < 1.29 is 27.5 Å². The van der Waals surface area contributed by atoms with Gasteiger partial charge in [0.05, 0.1) is 17.1 Å². The van der Waals surface area contributed by atoms with Gasteiger partial charge in [-0.05, 0) is 36.6 Å². The zero-order chi connectivity index (χ0) is 20.9. The number of carbonyl (C=O) groups is 3. The third kappa shape index (κ3) is 6.33. The number of anilines is 1. The monoisotopic (exact) mass is 410 g/mol. The quantitative estimate of drug-likeness (QED) is 0.682. The Morgan fingerprint density at radius 2 is 1.86 bits per heavy atom. The molecule has 8 nitrogen and oxygen atoms in total. The maximum Gasteiger partial charge on any atom is 0.338 e. The van der Waals surface area contributed by atoms with Crippen molar-refractivity contribution in [2.45, 2.75) is 33.2 Å². The number of rotatable bonds is 7. The van der Waals surface area contributed by atoms with E-state index in [4.69, 9.17) is 4.74 Å². The van der Waals surface area contributed by atoms with E-state index in [1.165, 1.54) is 24.0 Å². The second kappa shape index (κ2) is 9.18. The molecule has 0 spiro atoms. The second-order valence-corrected chi connectivity index (χ2v) is 9.56. The van der Waals surface area contributed by atoms with Gasteiger partial charge in [-0.1, -0.05) is 13.8 Å². The van der Waals surface area contributed by atoms with Gasteiger partial charge in [0.1, 0.15) is 0 Å². The van der Waals surface area contributed by atoms with Crippen molar-refractivity contribution in [3.8, 4) is 0 Å². The van der Waals surface area contributed by atoms with Crippen molar-refractivity contribution in [3.63, 3.8) is 0 Å². The Labute approximate surface area is 165 Å². The van der Waals surface area contributed by atoms with Gasteiger partial charge in [-0.2, -0.15) is 0 Å². The summed E-state index contributed by atoms with van der Waals surface area (Å²) < 4.78 is 28.6. The molecule has 1 aliphatic heterocycles. The summed E-state index contributed by atoms with van der Waals surface area (Å²) in [4.78, 5) is 37.3. The van der Waals surface area contributed by atoms with Crippen LogP contribution in [-0.4, -0.2) is 61.8 Å². The molecule has 1 heterocycles. The molecule has 154 valence electrons. The summed E-state index contributed by atoms with van der Waals surface area (Å²) in [7, 11) is -3.13. The highest BCUT2D eigenvalue weighted by molar-refractivity contribution is 7.91. The summed E-state index contributed by atoms with van der Waals surface area (Å²) in [5, 5.41) is 2.59. The highest BCUT2D eigenvalue weighted by Gasteiger charge is 2.35. The predicted molar refractivity (Wildman–Crippen MR) is 105 cm³/mol. The lowest BCUT2D eigenvalue weighted by Crippen LogP contribution is -2.45. The van der Waals surface area contributed by atoms with Gasteiger partial charge in [0.15, 0.2) is 16.4 Å². The van der Waals surface area contributed by atoms with Gasteiger partial charge in [0.25, 0.3) is 5.91 Å². The van der Waals surface area contributed by atoms with E-state index in [1.807, 2.05) is 13.8 Å². The van der Waals surface area contributed by atoms with Crippen LogP contribution in [-0.2, 0) is 24.2 Å². The average molecular weight is 410 g/mol. The third-order valence-electron chi connectivity index (χ3n) is 4.30. The van der Waals surface area contributed by atoms with Crippen LogP contribution in [0.15, 0.2) is 24.3 Å². The van der Waals surface area contributed by atoms with Gasteiger partial charge >= 0.3 is 5.97 Å². The van der Waals surface area contributed by atoms with Crippen LogP contribution in [0.3, 0.4) is 0 Å². The number of nitrogens with one attached hydrogen (secondary N) is 1. The minimum atomic E-state index is -3.13. The lowest BCUT2D eigenvalue weighted by molar-refractivity contribution is -0.137. The molecule has 0 aromatic heterocycles. The van der Waals surface area contributed by atoms with Crippen LogP contribution in [0.4, 0.5) is 5.69 Å². The number of nitrogens with zero attached hydrogens (tertiary/aromatic N) is 1. The summed E-state index contributed by atoms with van der Waals surface area (Å²) in [6.45, 7) is 5.21. The number of amides is 2. The van der Waals surface area contributed by atoms with E-state index in [0.717, 1.165) is 0 Å². The lowest BCUT2D eigenvalue weighted by atomic mass is 10.1. The van der Waals surface area contributed by atoms with Gasteiger partial charge < -0.3 is 15.0 Å². The topological polar surface area (TPSA) is 110 Å². The van der Waals surface area contributed by atoms with Crippen LogP contribution in [0, 0.1) is 5.92 Å². The molecular weight excluding hydrogens is 384 g/mol. The van der Waals surface area contributed by atoms with E-state index in [2.05, 4.69) is 5.32 Å². The van der Waals surface area contributed by atoms with Crippen LogP contribution < -0.4 is 5.32 Å². The molecule has 0 saturated carbocycles. The summed E-state index contributed by atoms with van der Waals surface area (Å²) in [5.74, 6) is -1.11. The Bertz CT molecular complexity index is 832. The normalized spacial score (nSPS) is 17.9. The first-order valence-electron chi connectivity index (χ1n) is 9.12. The SMILES string of the molecule is CC(=O)Nc1ccc(C(=O)OCC(=O)N(CC(C)C)[C@@H]2CCS(=O)(=O)C2)cc1. The fourth-order valence-corrected chi connectivity index (χ4v) is 4.79. The third-order valence-corrected chi connectivity index (χ3v) is 6.05. The fourth-order valence-electron chi connectivity index (χ4n) is 3.06. The summed E-state index contributed by atoms with van der Waals surface area (Å²) >= 11 is 0. The van der Waals surface area contributed by atoms with Gasteiger partial charge in [-0.25, -0.2) is 13.2 Å². The van der Waals surface area contributed by atoms with Crippen molar-refractivity contribution >= 4 is 33.3 Å². The van der Waals surface area contributed by atoms with Gasteiger partial charge in [-0.15, -0.1) is 0 Å². The molecule has 1 atom stereocenters. The first-order valence-corrected chi connectivity index (χ1v) is 10.9. The van der Waals surface area contributed by atoms with Gasteiger partial charge in [0.2, 0.25) is 5.91 Å². The molecule has 0 bridgehead atoms. The molecule has 1 fully saturated rings. The molecule has 0 aliphatic carbocycles. The molecule has 2 rings (SSSR count). The molecule has 1 aliphatic rings. The molecule has 28 heavy (non-hydrogen) atoms. The lowest BCUT2D eigenvalue weighted by Gasteiger charge is -2.29. The van der Waals surface area contributed by atoms with Crippen molar-refractivity contribution in [2.24, 2.45) is 5.92 Å². The Morgan fingerprint density at radius 1 is 1.21 bits per heavy atom. The van der Waals surface area contributed by atoms with Crippen LogP contribution in [0.2, 0.25) is 0 Å². The predicted octanol–water partition coefficient (Wildman–Crippen LogP) is 1.47. The van der Waals surface area contributed by atoms with Crippen LogP contribution >= 0.6 is 0 Å². The van der Waals surface area contributed by atoms with E-state index in [9.17, 15) is 22.8 Å². The van der Waals surface area contributed by atoms with Crippen molar-refractivity contribution in [1.29, 1.82) is 0 Å². The van der Waals surface area contributed by atoms with E-state index in [0.29, 0.717) is 18.7 Å². The molecule has 9 heteroatoms. The molecular formula is C19H26N2O6S. The maximum atomic E-state index is 12.6. The van der Waals surface area contributed by atoms with Crippen molar-refractivity contribution in [3.05, 3.63) is 29.8 Å². The highest BCUT2D eigenvalue weighted by Crippen LogP contribution is 2.19. The number of hydrogen-bond acceptors (Lipinski definition) is 6. The zero-order valence-electron chi connectivity index (χ0n) is 16.3. The molecule has 1 saturated heterocycles.